The van der Waals surface area contributed by atoms with E-state index >= 15 is 0 Å². The summed E-state index contributed by atoms with van der Waals surface area (Å²) in [6.45, 7) is 0. The van der Waals surface area contributed by atoms with Crippen molar-refractivity contribution in [2.45, 2.75) is 0 Å². The number of esters is 1. The van der Waals surface area contributed by atoms with Crippen molar-refractivity contribution >= 4 is 17.0 Å². The highest BCUT2D eigenvalue weighted by molar-refractivity contribution is 5.94. The molecule has 3 rings (SSSR count). The molecule has 100 valence electrons. The summed E-state index contributed by atoms with van der Waals surface area (Å²) < 4.78 is 4.69. The molecule has 5 heteroatoms. The molecule has 5 nitrogen and oxygen atoms in total. The van der Waals surface area contributed by atoms with Crippen molar-refractivity contribution < 1.29 is 14.6 Å². The number of hydrogen-bond donors (Lipinski definition) is 2. The molecule has 0 fully saturated rings. The zero-order valence-corrected chi connectivity index (χ0v) is 10.8. The summed E-state index contributed by atoms with van der Waals surface area (Å²) in [5.41, 5.74) is 2.86. The van der Waals surface area contributed by atoms with Crippen molar-refractivity contribution in [2.75, 3.05) is 7.11 Å². The van der Waals surface area contributed by atoms with Gasteiger partial charge in [-0.1, -0.05) is 0 Å². The van der Waals surface area contributed by atoms with Gasteiger partial charge in [-0.2, -0.15) is 0 Å². The van der Waals surface area contributed by atoms with Gasteiger partial charge in [0, 0.05) is 5.56 Å². The van der Waals surface area contributed by atoms with E-state index in [1.165, 1.54) is 7.11 Å². The van der Waals surface area contributed by atoms with Gasteiger partial charge in [0.1, 0.15) is 11.6 Å². The van der Waals surface area contributed by atoms with Crippen LogP contribution in [0.3, 0.4) is 0 Å². The standard InChI is InChI=1S/C15H12N2O3/c1-20-15(19)10-4-7-12-13(8-10)17-14(16-12)9-2-5-11(18)6-3-9/h2-8,18H,1H3,(H,16,17). The van der Waals surface area contributed by atoms with Crippen molar-refractivity contribution in [1.29, 1.82) is 0 Å². The third-order valence-corrected chi connectivity index (χ3v) is 3.04. The van der Waals surface area contributed by atoms with Gasteiger partial charge in [0.25, 0.3) is 0 Å². The van der Waals surface area contributed by atoms with E-state index in [4.69, 9.17) is 0 Å². The molecule has 1 heterocycles. The Labute approximate surface area is 114 Å². The minimum Gasteiger partial charge on any atom is -0.508 e. The van der Waals surface area contributed by atoms with Crippen LogP contribution >= 0.6 is 0 Å². The third kappa shape index (κ3) is 2.09. The summed E-state index contributed by atoms with van der Waals surface area (Å²) in [6.07, 6.45) is 0. The van der Waals surface area contributed by atoms with Gasteiger partial charge in [-0.15, -0.1) is 0 Å². The number of phenolic OH excluding ortho intramolecular Hbond substituents is 1. The zero-order valence-electron chi connectivity index (χ0n) is 10.8. The summed E-state index contributed by atoms with van der Waals surface area (Å²) >= 11 is 0. The first kappa shape index (κ1) is 12.2. The summed E-state index contributed by atoms with van der Waals surface area (Å²) in [7, 11) is 1.35. The minimum absolute atomic E-state index is 0.206. The van der Waals surface area contributed by atoms with Crippen LogP contribution in [0, 0.1) is 0 Å². The predicted octanol–water partition coefficient (Wildman–Crippen LogP) is 2.72. The molecule has 20 heavy (non-hydrogen) atoms. The number of carbonyl (C=O) groups is 1. The normalized spacial score (nSPS) is 10.7. The van der Waals surface area contributed by atoms with Crippen LogP contribution in [0.2, 0.25) is 0 Å². The molecule has 0 saturated carbocycles. The number of H-pyrrole nitrogens is 1. The Morgan fingerprint density at radius 3 is 2.65 bits per heavy atom. The minimum atomic E-state index is -0.382. The Bertz CT molecular complexity index is 775. The number of carbonyl (C=O) groups excluding carboxylic acids is 1. The Morgan fingerprint density at radius 2 is 1.95 bits per heavy atom. The Kier molecular flexibility index (Phi) is 2.87. The zero-order chi connectivity index (χ0) is 14.1. The molecule has 1 aromatic heterocycles. The molecule has 3 aromatic rings. The fourth-order valence-corrected chi connectivity index (χ4v) is 2.01. The molecule has 0 amide bonds. The lowest BCUT2D eigenvalue weighted by Crippen LogP contribution is -2.00. The molecule has 2 N–H and O–H groups in total. The lowest BCUT2D eigenvalue weighted by atomic mass is 10.2. The van der Waals surface area contributed by atoms with Gasteiger partial charge in [0.15, 0.2) is 0 Å². The van der Waals surface area contributed by atoms with E-state index in [9.17, 15) is 9.90 Å². The molecule has 0 saturated heterocycles. The maximum Gasteiger partial charge on any atom is 0.337 e. The van der Waals surface area contributed by atoms with Gasteiger partial charge in [-0.25, -0.2) is 9.78 Å². The summed E-state index contributed by atoms with van der Waals surface area (Å²) in [4.78, 5) is 19.1. The first-order chi connectivity index (χ1) is 9.67. The Balaban J connectivity index is 2.06. The van der Waals surface area contributed by atoms with Gasteiger partial charge in [-0.3, -0.25) is 0 Å². The number of rotatable bonds is 2. The van der Waals surface area contributed by atoms with Crippen LogP contribution in [0.4, 0.5) is 0 Å². The molecular weight excluding hydrogens is 256 g/mol. The molecule has 2 aromatic carbocycles. The van der Waals surface area contributed by atoms with E-state index < -0.39 is 0 Å². The topological polar surface area (TPSA) is 75.2 Å². The van der Waals surface area contributed by atoms with Crippen molar-refractivity contribution in [2.24, 2.45) is 0 Å². The van der Waals surface area contributed by atoms with Crippen molar-refractivity contribution in [1.82, 2.24) is 9.97 Å². The molecule has 0 unspecified atom stereocenters. The van der Waals surface area contributed by atoms with E-state index in [1.54, 1.807) is 42.5 Å². The largest absolute Gasteiger partial charge is 0.508 e. The average molecular weight is 268 g/mol. The number of phenols is 1. The third-order valence-electron chi connectivity index (χ3n) is 3.04. The highest BCUT2D eigenvalue weighted by atomic mass is 16.5. The lowest BCUT2D eigenvalue weighted by Gasteiger charge is -1.97. The van der Waals surface area contributed by atoms with E-state index in [2.05, 4.69) is 14.7 Å². The first-order valence-corrected chi connectivity index (χ1v) is 6.05. The molecular formula is C15H12N2O3. The second-order valence-corrected chi connectivity index (χ2v) is 4.36. The molecule has 0 radical (unpaired) electrons. The van der Waals surface area contributed by atoms with Crippen molar-refractivity contribution in [3.8, 4) is 17.1 Å². The van der Waals surface area contributed by atoms with Crippen molar-refractivity contribution in [3.63, 3.8) is 0 Å². The Morgan fingerprint density at radius 1 is 1.20 bits per heavy atom. The molecule has 0 spiro atoms. The van der Waals surface area contributed by atoms with Crippen LogP contribution < -0.4 is 0 Å². The SMILES string of the molecule is COC(=O)c1ccc2nc(-c3ccc(O)cc3)[nH]c2c1. The molecule has 0 aliphatic rings. The number of nitrogens with one attached hydrogen (secondary N) is 1. The van der Waals surface area contributed by atoms with Crippen molar-refractivity contribution in [3.05, 3.63) is 48.0 Å². The highest BCUT2D eigenvalue weighted by Crippen LogP contribution is 2.23. The van der Waals surface area contributed by atoms with Crippen LogP contribution in [-0.2, 0) is 4.74 Å². The smallest absolute Gasteiger partial charge is 0.337 e. The number of benzene rings is 2. The molecule has 0 bridgehead atoms. The van der Waals surface area contributed by atoms with E-state index in [0.29, 0.717) is 11.4 Å². The van der Waals surface area contributed by atoms with Gasteiger partial charge in [-0.05, 0) is 42.5 Å². The maximum atomic E-state index is 11.5. The first-order valence-electron chi connectivity index (χ1n) is 6.05. The summed E-state index contributed by atoms with van der Waals surface area (Å²) in [6, 6.07) is 11.9. The van der Waals surface area contributed by atoms with Crippen LogP contribution in [-0.4, -0.2) is 28.2 Å². The molecule has 0 aliphatic heterocycles. The fraction of sp³-hybridized carbons (Fsp3) is 0.0667. The second kappa shape index (κ2) is 4.70. The summed E-state index contributed by atoms with van der Waals surface area (Å²) in [5.74, 6) is 0.507. The average Bonchev–Trinajstić information content (AvgIpc) is 2.90. The summed E-state index contributed by atoms with van der Waals surface area (Å²) in [5, 5.41) is 9.29. The number of hydrogen-bond acceptors (Lipinski definition) is 4. The number of fused-ring (bicyclic) bond motifs is 1. The maximum absolute atomic E-state index is 11.5. The molecule has 0 atom stereocenters. The fourth-order valence-electron chi connectivity index (χ4n) is 2.01. The van der Waals surface area contributed by atoms with Gasteiger partial charge < -0.3 is 14.8 Å². The monoisotopic (exact) mass is 268 g/mol. The number of methoxy groups -OCH3 is 1. The van der Waals surface area contributed by atoms with E-state index in [1.807, 2.05) is 0 Å². The van der Waals surface area contributed by atoms with Crippen LogP contribution in [0.15, 0.2) is 42.5 Å². The van der Waals surface area contributed by atoms with Gasteiger partial charge in [0.2, 0.25) is 0 Å². The van der Waals surface area contributed by atoms with E-state index in [-0.39, 0.29) is 11.7 Å². The van der Waals surface area contributed by atoms with E-state index in [0.717, 1.165) is 16.6 Å². The van der Waals surface area contributed by atoms with Crippen LogP contribution in [0.25, 0.3) is 22.4 Å². The number of aromatic hydroxyl groups is 1. The number of imidazole rings is 1. The van der Waals surface area contributed by atoms with Crippen LogP contribution in [0.5, 0.6) is 5.75 Å². The number of ether oxygens (including phenoxy) is 1. The number of nitrogens with zero attached hydrogens (tertiary/aromatic N) is 1. The lowest BCUT2D eigenvalue weighted by molar-refractivity contribution is 0.0601. The quantitative estimate of drug-likeness (QED) is 0.701. The highest BCUT2D eigenvalue weighted by Gasteiger charge is 2.09. The second-order valence-electron chi connectivity index (χ2n) is 4.36. The molecule has 0 aliphatic carbocycles. The predicted molar refractivity (Wildman–Crippen MR) is 74.5 cm³/mol. The van der Waals surface area contributed by atoms with Crippen LogP contribution in [0.1, 0.15) is 10.4 Å². The van der Waals surface area contributed by atoms with Gasteiger partial charge in [0.05, 0.1) is 23.7 Å². The van der Waals surface area contributed by atoms with Gasteiger partial charge >= 0.3 is 5.97 Å². The number of aromatic nitrogens is 2. The number of aromatic amines is 1. The Hall–Kier alpha value is -2.82.